The first kappa shape index (κ1) is 26.6. The first-order valence-corrected chi connectivity index (χ1v) is 14.3. The molecule has 1 aromatic heterocycles. The van der Waals surface area contributed by atoms with E-state index >= 15 is 0 Å². The molecule has 12 heteroatoms. The topological polar surface area (TPSA) is 138 Å². The van der Waals surface area contributed by atoms with E-state index in [2.05, 4.69) is 29.7 Å². The Kier molecular flexibility index (Phi) is 7.23. The number of likely N-dealkylation sites (N-methyl/N-ethyl adjacent to an activating group) is 1. The van der Waals surface area contributed by atoms with Gasteiger partial charge >= 0.3 is 16.9 Å². The van der Waals surface area contributed by atoms with Crippen molar-refractivity contribution in [3.05, 3.63) is 47.2 Å². The minimum atomic E-state index is -4.19. The quantitative estimate of drug-likeness (QED) is 0.209. The van der Waals surface area contributed by atoms with Crippen LogP contribution in [0.25, 0.3) is 0 Å². The van der Waals surface area contributed by atoms with Crippen molar-refractivity contribution in [2.75, 3.05) is 26.7 Å². The van der Waals surface area contributed by atoms with E-state index in [1.807, 2.05) is 11.9 Å². The number of esters is 1. The van der Waals surface area contributed by atoms with Gasteiger partial charge in [-0.15, -0.1) is 0 Å². The number of ether oxygens (including phenoxy) is 3. The van der Waals surface area contributed by atoms with E-state index in [1.54, 1.807) is 18.2 Å². The van der Waals surface area contributed by atoms with E-state index in [-0.39, 0.29) is 52.0 Å². The molecule has 0 bridgehead atoms. The number of hydrogen-bond acceptors (Lipinski definition) is 10. The number of hydrogen-bond donors (Lipinski definition) is 0. The molecule has 5 atom stereocenters. The van der Waals surface area contributed by atoms with Crippen molar-refractivity contribution in [1.82, 2.24) is 10.1 Å². The van der Waals surface area contributed by atoms with Gasteiger partial charge in [-0.25, -0.2) is 8.42 Å². The van der Waals surface area contributed by atoms with Crippen LogP contribution in [-0.4, -0.2) is 69.0 Å². The van der Waals surface area contributed by atoms with Crippen molar-refractivity contribution in [2.45, 2.75) is 67.3 Å². The van der Waals surface area contributed by atoms with Crippen molar-refractivity contribution in [3.63, 3.8) is 0 Å². The van der Waals surface area contributed by atoms with Crippen LogP contribution in [0.5, 0.6) is 5.88 Å². The number of aromatic nitrogens is 2. The number of allylic oxidation sites excluding steroid dienone is 2. The van der Waals surface area contributed by atoms with Crippen molar-refractivity contribution >= 4 is 15.8 Å². The fourth-order valence-corrected chi connectivity index (χ4v) is 6.81. The van der Waals surface area contributed by atoms with Crippen LogP contribution in [0.4, 0.5) is 0 Å². The van der Waals surface area contributed by atoms with Crippen LogP contribution in [0.3, 0.4) is 0 Å². The third-order valence-electron chi connectivity index (χ3n) is 7.81. The number of carbonyl (C=O) groups excluding carboxylic acids is 1. The molecule has 3 aliphatic rings. The molecule has 2 saturated heterocycles. The monoisotopic (exact) mass is 547 g/mol. The molecule has 0 saturated carbocycles. The number of epoxide rings is 1. The maximum Gasteiger partial charge on any atom is 0.415 e. The zero-order valence-corrected chi connectivity index (χ0v) is 22.6. The van der Waals surface area contributed by atoms with Gasteiger partial charge in [-0.3, -0.25) is 9.42 Å². The van der Waals surface area contributed by atoms with Gasteiger partial charge in [-0.05, 0) is 63.6 Å². The standard InChI is InChI=1S/C26H33N3O8S/c1-17-8-7-13-26(2)22(36-26)21-19(12-11-17)20(25(30)35-21)16-28(3)14-15-34-23-24(29(31)37-27-23)38(32,33)18-9-5-4-6-10-18/h4-6,8-10,19-22H,7,11-16H2,1-3H3/b17-8+/t19-,20-,21-,22+,26-/m0/s1. The summed E-state index contributed by atoms with van der Waals surface area (Å²) in [6.45, 7) is 5.05. The Hall–Kier alpha value is -2.96. The summed E-state index contributed by atoms with van der Waals surface area (Å²) in [4.78, 5) is 14.6. The van der Waals surface area contributed by atoms with Crippen LogP contribution in [-0.2, 0) is 24.1 Å². The largest absolute Gasteiger partial charge is 0.459 e. The molecule has 0 spiro atoms. The van der Waals surface area contributed by atoms with Crippen molar-refractivity contribution in [1.29, 1.82) is 0 Å². The average Bonchev–Trinajstić information content (AvgIpc) is 3.24. The number of rotatable bonds is 8. The van der Waals surface area contributed by atoms with E-state index in [4.69, 9.17) is 14.2 Å². The van der Waals surface area contributed by atoms with Crippen molar-refractivity contribution in [3.8, 4) is 5.88 Å². The van der Waals surface area contributed by atoms with Gasteiger partial charge in [-0.2, -0.15) is 0 Å². The Morgan fingerprint density at radius 2 is 2.05 bits per heavy atom. The van der Waals surface area contributed by atoms with Gasteiger partial charge < -0.3 is 24.3 Å². The summed E-state index contributed by atoms with van der Waals surface area (Å²) in [6.07, 6.45) is 5.56. The van der Waals surface area contributed by atoms with Gasteiger partial charge in [0.15, 0.2) is 0 Å². The lowest BCUT2D eigenvalue weighted by atomic mass is 9.80. The fourth-order valence-electron chi connectivity index (χ4n) is 5.51. The molecule has 206 valence electrons. The molecule has 0 amide bonds. The minimum absolute atomic E-state index is 0.0296. The van der Waals surface area contributed by atoms with E-state index < -0.39 is 20.7 Å². The number of nitrogens with zero attached hydrogens (tertiary/aromatic N) is 3. The lowest BCUT2D eigenvalue weighted by molar-refractivity contribution is -0.832. The van der Waals surface area contributed by atoms with Gasteiger partial charge in [0.1, 0.15) is 18.8 Å². The average molecular weight is 548 g/mol. The normalized spacial score (nSPS) is 30.6. The molecule has 1 aromatic carbocycles. The van der Waals surface area contributed by atoms with Crippen molar-refractivity contribution in [2.24, 2.45) is 11.8 Å². The third kappa shape index (κ3) is 5.16. The molecular formula is C26H33N3O8S. The third-order valence-corrected chi connectivity index (χ3v) is 9.54. The summed E-state index contributed by atoms with van der Waals surface area (Å²) in [5.41, 5.74) is 1.07. The number of sulfone groups is 1. The van der Waals surface area contributed by atoms with Crippen LogP contribution in [0.2, 0.25) is 0 Å². The zero-order valence-electron chi connectivity index (χ0n) is 21.7. The molecule has 5 rings (SSSR count). The highest BCUT2D eigenvalue weighted by atomic mass is 32.2. The molecule has 3 heterocycles. The highest BCUT2D eigenvalue weighted by Gasteiger charge is 2.62. The van der Waals surface area contributed by atoms with Crippen LogP contribution in [0.1, 0.15) is 39.5 Å². The molecule has 11 nitrogen and oxygen atoms in total. The van der Waals surface area contributed by atoms with E-state index in [0.29, 0.717) is 13.1 Å². The Balaban J connectivity index is 1.22. The molecule has 38 heavy (non-hydrogen) atoms. The smallest absolute Gasteiger partial charge is 0.415 e. The molecule has 0 unspecified atom stereocenters. The first-order chi connectivity index (χ1) is 18.1. The number of benzene rings is 1. The molecule has 1 aliphatic carbocycles. The molecule has 2 aromatic rings. The molecule has 2 fully saturated rings. The Morgan fingerprint density at radius 1 is 1.29 bits per heavy atom. The van der Waals surface area contributed by atoms with E-state index in [0.717, 1.165) is 25.7 Å². The summed E-state index contributed by atoms with van der Waals surface area (Å²) in [5.74, 6) is -0.892. The maximum atomic E-state index is 12.9. The van der Waals surface area contributed by atoms with Gasteiger partial charge in [0, 0.05) is 19.0 Å². The van der Waals surface area contributed by atoms with E-state index in [9.17, 15) is 18.4 Å². The molecular weight excluding hydrogens is 514 g/mol. The predicted molar refractivity (Wildman–Crippen MR) is 133 cm³/mol. The second kappa shape index (κ2) is 10.3. The summed E-state index contributed by atoms with van der Waals surface area (Å²) in [6, 6.07) is 7.52. The van der Waals surface area contributed by atoms with Gasteiger partial charge in [-0.1, -0.05) is 29.8 Å². The fraction of sp³-hybridized carbons (Fsp3) is 0.577. The van der Waals surface area contributed by atoms with Gasteiger partial charge in [0.05, 0.1) is 21.6 Å². The summed E-state index contributed by atoms with van der Waals surface area (Å²) >= 11 is 0. The summed E-state index contributed by atoms with van der Waals surface area (Å²) in [7, 11) is -2.34. The lowest BCUT2D eigenvalue weighted by Crippen LogP contribution is -2.36. The number of fused-ring (bicyclic) bond motifs is 3. The molecule has 0 radical (unpaired) electrons. The number of carbonyl (C=O) groups is 1. The van der Waals surface area contributed by atoms with Gasteiger partial charge in [0.2, 0.25) is 0 Å². The van der Waals surface area contributed by atoms with Crippen LogP contribution >= 0.6 is 0 Å². The Morgan fingerprint density at radius 3 is 2.82 bits per heavy atom. The molecule has 0 N–H and O–H groups in total. The lowest BCUT2D eigenvalue weighted by Gasteiger charge is -2.25. The SMILES string of the molecule is C/C1=C\CC[C@]2(C)O[C@@H]2[C@H]2OC(=O)[C@@H](CN(C)CCOc3no[n+]([O-])c3S(=O)(=O)c3ccccc3)[C@@H]2CC1. The molecule has 2 aliphatic heterocycles. The van der Waals surface area contributed by atoms with Crippen LogP contribution in [0, 0.1) is 17.0 Å². The highest BCUT2D eigenvalue weighted by molar-refractivity contribution is 7.91. The summed E-state index contributed by atoms with van der Waals surface area (Å²) < 4.78 is 47.9. The van der Waals surface area contributed by atoms with Gasteiger partial charge in [0.25, 0.3) is 9.84 Å². The minimum Gasteiger partial charge on any atom is -0.459 e. The summed E-state index contributed by atoms with van der Waals surface area (Å²) in [5, 5.41) is 14.9. The Bertz CT molecular complexity index is 1310. The highest BCUT2D eigenvalue weighted by Crippen LogP contribution is 2.50. The first-order valence-electron chi connectivity index (χ1n) is 12.9. The second-order valence-corrected chi connectivity index (χ2v) is 12.5. The maximum absolute atomic E-state index is 12.9. The zero-order chi connectivity index (χ0) is 27.1. The Labute approximate surface area is 221 Å². The predicted octanol–water partition coefficient (Wildman–Crippen LogP) is 2.29. The second-order valence-electron chi connectivity index (χ2n) is 10.6. The van der Waals surface area contributed by atoms with Crippen molar-refractivity contribution < 1.29 is 37.0 Å². The van der Waals surface area contributed by atoms with Crippen LogP contribution < -0.4 is 9.64 Å². The van der Waals surface area contributed by atoms with Crippen LogP contribution in [0.15, 0.2) is 56.5 Å². The van der Waals surface area contributed by atoms with E-state index in [1.165, 1.54) is 17.7 Å².